The second kappa shape index (κ2) is 4.73. The van der Waals surface area contributed by atoms with Crippen LogP contribution in [-0.2, 0) is 0 Å². The molecule has 0 aliphatic heterocycles. The van der Waals surface area contributed by atoms with Crippen LogP contribution in [0.5, 0.6) is 0 Å². The molecule has 0 radical (unpaired) electrons. The van der Waals surface area contributed by atoms with Gasteiger partial charge >= 0.3 is 0 Å². The monoisotopic (exact) mass is 144 g/mol. The van der Waals surface area contributed by atoms with Gasteiger partial charge < -0.3 is 5.11 Å². The maximum atomic E-state index is 9.04. The molecule has 1 nitrogen and oxygen atoms in total. The minimum Gasteiger partial charge on any atom is -0.393 e. The predicted molar refractivity (Wildman–Crippen MR) is 44.9 cm³/mol. The topological polar surface area (TPSA) is 20.2 Å². The molecule has 0 aromatic heterocycles. The summed E-state index contributed by atoms with van der Waals surface area (Å²) in [6.45, 7) is 8.50. The smallest absolute Gasteiger partial charge is 0.0514 e. The molecule has 10 heavy (non-hydrogen) atoms. The molecule has 1 N–H and O–H groups in total. The van der Waals surface area contributed by atoms with Crippen molar-refractivity contribution in [3.63, 3.8) is 0 Å². The van der Waals surface area contributed by atoms with E-state index in [4.69, 9.17) is 5.11 Å². The molecule has 0 aromatic rings. The van der Waals surface area contributed by atoms with E-state index in [-0.39, 0.29) is 6.10 Å². The van der Waals surface area contributed by atoms with Crippen molar-refractivity contribution in [1.29, 1.82) is 0 Å². The van der Waals surface area contributed by atoms with E-state index in [2.05, 4.69) is 20.8 Å². The van der Waals surface area contributed by atoms with Gasteiger partial charge in [-0.15, -0.1) is 0 Å². The molecule has 0 amide bonds. The van der Waals surface area contributed by atoms with Gasteiger partial charge in [-0.2, -0.15) is 0 Å². The normalized spacial score (nSPS) is 17.4. The highest BCUT2D eigenvalue weighted by Crippen LogP contribution is 2.15. The molecule has 0 aliphatic rings. The van der Waals surface area contributed by atoms with Crippen molar-refractivity contribution in [2.45, 2.75) is 46.6 Å². The van der Waals surface area contributed by atoms with Crippen LogP contribution >= 0.6 is 0 Å². The third-order valence-electron chi connectivity index (χ3n) is 1.62. The van der Waals surface area contributed by atoms with Gasteiger partial charge in [0.25, 0.3) is 0 Å². The van der Waals surface area contributed by atoms with Gasteiger partial charge in [-0.1, -0.05) is 20.8 Å². The zero-order valence-electron chi connectivity index (χ0n) is 7.59. The highest BCUT2D eigenvalue weighted by molar-refractivity contribution is 4.59. The van der Waals surface area contributed by atoms with Crippen LogP contribution in [0.4, 0.5) is 0 Å². The highest BCUT2D eigenvalue weighted by atomic mass is 16.3. The fourth-order valence-electron chi connectivity index (χ4n) is 1.48. The van der Waals surface area contributed by atoms with Crippen molar-refractivity contribution in [3.05, 3.63) is 0 Å². The van der Waals surface area contributed by atoms with Gasteiger partial charge in [-0.05, 0) is 31.6 Å². The van der Waals surface area contributed by atoms with Crippen molar-refractivity contribution < 1.29 is 5.11 Å². The average Bonchev–Trinajstić information content (AvgIpc) is 1.58. The number of rotatable bonds is 4. The van der Waals surface area contributed by atoms with Gasteiger partial charge in [0, 0.05) is 0 Å². The third kappa shape index (κ3) is 6.09. The lowest BCUT2D eigenvalue weighted by Crippen LogP contribution is -2.08. The molecule has 0 rings (SSSR count). The van der Waals surface area contributed by atoms with Gasteiger partial charge in [-0.3, -0.25) is 0 Å². The summed E-state index contributed by atoms with van der Waals surface area (Å²) in [5, 5.41) is 9.04. The number of aliphatic hydroxyl groups excluding tert-OH is 1. The standard InChI is InChI=1S/C9H20O/c1-7(2)5-8(3)6-9(4)10/h7-10H,5-6H2,1-4H3/t8-,9-/m1/s1. The fraction of sp³-hybridized carbons (Fsp3) is 1.00. The van der Waals surface area contributed by atoms with Crippen LogP contribution in [-0.4, -0.2) is 11.2 Å². The summed E-state index contributed by atoms with van der Waals surface area (Å²) in [7, 11) is 0. The predicted octanol–water partition coefficient (Wildman–Crippen LogP) is 2.44. The van der Waals surface area contributed by atoms with E-state index in [9.17, 15) is 0 Å². The van der Waals surface area contributed by atoms with E-state index in [0.717, 1.165) is 12.3 Å². The van der Waals surface area contributed by atoms with E-state index in [1.54, 1.807) is 0 Å². The van der Waals surface area contributed by atoms with Gasteiger partial charge in [0.1, 0.15) is 0 Å². The van der Waals surface area contributed by atoms with Gasteiger partial charge in [0.15, 0.2) is 0 Å². The summed E-state index contributed by atoms with van der Waals surface area (Å²) >= 11 is 0. The second-order valence-corrected chi connectivity index (χ2v) is 3.82. The zero-order chi connectivity index (χ0) is 8.15. The lowest BCUT2D eigenvalue weighted by atomic mass is 9.94. The third-order valence-corrected chi connectivity index (χ3v) is 1.62. The van der Waals surface area contributed by atoms with Crippen LogP contribution in [0.25, 0.3) is 0 Å². The van der Waals surface area contributed by atoms with Crippen LogP contribution in [0.2, 0.25) is 0 Å². The maximum Gasteiger partial charge on any atom is 0.0514 e. The molecule has 0 bridgehead atoms. The summed E-state index contributed by atoms with van der Waals surface area (Å²) in [5.74, 6) is 1.42. The number of hydrogen-bond donors (Lipinski definition) is 1. The summed E-state index contributed by atoms with van der Waals surface area (Å²) in [6, 6.07) is 0. The van der Waals surface area contributed by atoms with Crippen molar-refractivity contribution in [3.8, 4) is 0 Å². The summed E-state index contributed by atoms with van der Waals surface area (Å²) in [4.78, 5) is 0. The average molecular weight is 144 g/mol. The Labute approximate surface area is 64.5 Å². The number of hydrogen-bond acceptors (Lipinski definition) is 1. The van der Waals surface area contributed by atoms with Gasteiger partial charge in [0.05, 0.1) is 6.10 Å². The minimum atomic E-state index is -0.131. The summed E-state index contributed by atoms with van der Waals surface area (Å²) in [6.07, 6.45) is 2.04. The van der Waals surface area contributed by atoms with Crippen molar-refractivity contribution in [2.24, 2.45) is 11.8 Å². The minimum absolute atomic E-state index is 0.131. The van der Waals surface area contributed by atoms with Crippen LogP contribution in [0.1, 0.15) is 40.5 Å². The maximum absolute atomic E-state index is 9.04. The molecule has 2 atom stereocenters. The van der Waals surface area contributed by atoms with Crippen molar-refractivity contribution >= 4 is 0 Å². The first-order valence-corrected chi connectivity index (χ1v) is 4.20. The Morgan fingerprint density at radius 2 is 1.50 bits per heavy atom. The SMILES string of the molecule is CC(C)C[C@@H](C)C[C@@H](C)O. The molecular weight excluding hydrogens is 124 g/mol. The van der Waals surface area contributed by atoms with E-state index >= 15 is 0 Å². The Morgan fingerprint density at radius 3 is 1.80 bits per heavy atom. The largest absolute Gasteiger partial charge is 0.393 e. The molecule has 1 heteroatoms. The van der Waals surface area contributed by atoms with Crippen LogP contribution in [0.15, 0.2) is 0 Å². The quantitative estimate of drug-likeness (QED) is 0.642. The Kier molecular flexibility index (Phi) is 4.71. The molecule has 0 fully saturated rings. The van der Waals surface area contributed by atoms with Gasteiger partial charge in [0.2, 0.25) is 0 Å². The van der Waals surface area contributed by atoms with Gasteiger partial charge in [-0.25, -0.2) is 0 Å². The van der Waals surface area contributed by atoms with Crippen LogP contribution < -0.4 is 0 Å². The molecule has 0 aromatic carbocycles. The molecule has 0 unspecified atom stereocenters. The zero-order valence-corrected chi connectivity index (χ0v) is 7.59. The molecule has 0 saturated carbocycles. The number of aliphatic hydroxyl groups is 1. The Morgan fingerprint density at radius 1 is 1.00 bits per heavy atom. The Bertz CT molecular complexity index is 66.8. The Hall–Kier alpha value is -0.0400. The lowest BCUT2D eigenvalue weighted by Gasteiger charge is -2.14. The fourth-order valence-corrected chi connectivity index (χ4v) is 1.48. The Balaban J connectivity index is 3.34. The molecule has 0 spiro atoms. The first-order chi connectivity index (χ1) is 4.52. The van der Waals surface area contributed by atoms with E-state index in [1.807, 2.05) is 6.92 Å². The first kappa shape index (κ1) is 9.96. The molecule has 0 aliphatic carbocycles. The van der Waals surface area contributed by atoms with E-state index in [1.165, 1.54) is 6.42 Å². The highest BCUT2D eigenvalue weighted by Gasteiger charge is 2.07. The summed E-state index contributed by atoms with van der Waals surface area (Å²) < 4.78 is 0. The van der Waals surface area contributed by atoms with Crippen LogP contribution in [0.3, 0.4) is 0 Å². The second-order valence-electron chi connectivity index (χ2n) is 3.82. The lowest BCUT2D eigenvalue weighted by molar-refractivity contribution is 0.158. The van der Waals surface area contributed by atoms with Crippen LogP contribution in [0, 0.1) is 11.8 Å². The van der Waals surface area contributed by atoms with Crippen molar-refractivity contribution in [2.75, 3.05) is 0 Å². The van der Waals surface area contributed by atoms with Crippen molar-refractivity contribution in [1.82, 2.24) is 0 Å². The molecule has 0 saturated heterocycles. The van der Waals surface area contributed by atoms with E-state index in [0.29, 0.717) is 5.92 Å². The summed E-state index contributed by atoms with van der Waals surface area (Å²) in [5.41, 5.74) is 0. The van der Waals surface area contributed by atoms with E-state index < -0.39 is 0 Å². The first-order valence-electron chi connectivity index (χ1n) is 4.20. The molecule has 0 heterocycles. The molecular formula is C9H20O. The molecule has 62 valence electrons.